The van der Waals surface area contributed by atoms with E-state index in [-0.39, 0.29) is 12.0 Å². The topological polar surface area (TPSA) is 64.3 Å². The summed E-state index contributed by atoms with van der Waals surface area (Å²) in [5.41, 5.74) is 2.15. The van der Waals surface area contributed by atoms with Gasteiger partial charge in [0.05, 0.1) is 29.8 Å². The van der Waals surface area contributed by atoms with Gasteiger partial charge in [0.2, 0.25) is 5.89 Å². The minimum absolute atomic E-state index is 0.209. The van der Waals surface area contributed by atoms with E-state index in [2.05, 4.69) is 39.3 Å². The number of rotatable bonds is 3. The summed E-state index contributed by atoms with van der Waals surface area (Å²) in [7, 11) is 0. The summed E-state index contributed by atoms with van der Waals surface area (Å²) in [6, 6.07) is 12.5. The van der Waals surface area contributed by atoms with Gasteiger partial charge in [-0.15, -0.1) is 0 Å². The highest BCUT2D eigenvalue weighted by Gasteiger charge is 2.46. The van der Waals surface area contributed by atoms with Crippen LogP contribution in [0, 0.1) is 12.8 Å². The molecule has 0 unspecified atom stereocenters. The molecule has 6 heteroatoms. The Kier molecular flexibility index (Phi) is 3.53. The Balaban J connectivity index is 1.31. The van der Waals surface area contributed by atoms with Gasteiger partial charge in [0.15, 0.2) is 5.82 Å². The molecule has 5 rings (SSSR count). The van der Waals surface area contributed by atoms with Gasteiger partial charge in [-0.2, -0.15) is 4.98 Å². The second-order valence-electron chi connectivity index (χ2n) is 7.01. The SMILES string of the molecule is Cc1noc([C@@H]2CO[C@H]3CN(Cc4ccc5ccccc5n4)C[C@H]32)n1. The molecule has 2 fully saturated rings. The number of hydrogen-bond donors (Lipinski definition) is 0. The molecule has 0 spiro atoms. The van der Waals surface area contributed by atoms with E-state index in [1.54, 1.807) is 0 Å². The molecule has 0 radical (unpaired) electrons. The molecule has 2 aliphatic heterocycles. The lowest BCUT2D eigenvalue weighted by Crippen LogP contribution is -2.24. The van der Waals surface area contributed by atoms with Crippen molar-refractivity contribution in [1.29, 1.82) is 0 Å². The lowest BCUT2D eigenvalue weighted by atomic mass is 9.93. The third-order valence-corrected chi connectivity index (χ3v) is 5.29. The number of pyridine rings is 1. The van der Waals surface area contributed by atoms with Crippen LogP contribution in [0.3, 0.4) is 0 Å². The Bertz CT molecular complexity index is 909. The van der Waals surface area contributed by atoms with E-state index in [9.17, 15) is 0 Å². The van der Waals surface area contributed by atoms with E-state index >= 15 is 0 Å². The molecule has 3 aromatic rings. The van der Waals surface area contributed by atoms with E-state index in [0.29, 0.717) is 18.3 Å². The van der Waals surface area contributed by atoms with Crippen LogP contribution in [0.4, 0.5) is 0 Å². The smallest absolute Gasteiger partial charge is 0.232 e. The van der Waals surface area contributed by atoms with Crippen molar-refractivity contribution in [3.63, 3.8) is 0 Å². The predicted molar refractivity (Wildman–Crippen MR) is 92.0 cm³/mol. The minimum atomic E-state index is 0.209. The van der Waals surface area contributed by atoms with Gasteiger partial charge >= 0.3 is 0 Å². The van der Waals surface area contributed by atoms with Gasteiger partial charge in [-0.25, -0.2) is 0 Å². The molecule has 3 atom stereocenters. The van der Waals surface area contributed by atoms with Gasteiger partial charge < -0.3 is 9.26 Å². The number of hydrogen-bond acceptors (Lipinski definition) is 6. The average Bonchev–Trinajstić information content (AvgIpc) is 3.30. The lowest BCUT2D eigenvalue weighted by molar-refractivity contribution is 0.0956. The highest BCUT2D eigenvalue weighted by molar-refractivity contribution is 5.78. The molecule has 0 aliphatic carbocycles. The first-order chi connectivity index (χ1) is 12.3. The van der Waals surface area contributed by atoms with Crippen molar-refractivity contribution in [2.24, 2.45) is 5.92 Å². The van der Waals surface area contributed by atoms with Gasteiger partial charge in [0.1, 0.15) is 0 Å². The molecule has 0 N–H and O–H groups in total. The highest BCUT2D eigenvalue weighted by Crippen LogP contribution is 2.39. The van der Waals surface area contributed by atoms with Crippen LogP contribution in [0.2, 0.25) is 0 Å². The number of nitrogens with zero attached hydrogens (tertiary/aromatic N) is 4. The maximum atomic E-state index is 6.00. The number of benzene rings is 1. The summed E-state index contributed by atoms with van der Waals surface area (Å²) in [4.78, 5) is 11.6. The first kappa shape index (κ1) is 15.0. The lowest BCUT2D eigenvalue weighted by Gasteiger charge is -2.17. The average molecular weight is 336 g/mol. The Morgan fingerprint density at radius 2 is 2.04 bits per heavy atom. The highest BCUT2D eigenvalue weighted by atomic mass is 16.5. The molecular formula is C19H20N4O2. The zero-order chi connectivity index (χ0) is 16.8. The monoisotopic (exact) mass is 336 g/mol. The van der Waals surface area contributed by atoms with Gasteiger partial charge in [-0.05, 0) is 19.1 Å². The van der Waals surface area contributed by atoms with Crippen molar-refractivity contribution in [3.05, 3.63) is 53.8 Å². The van der Waals surface area contributed by atoms with Crippen molar-refractivity contribution in [1.82, 2.24) is 20.0 Å². The van der Waals surface area contributed by atoms with Crippen molar-refractivity contribution in [2.75, 3.05) is 19.7 Å². The molecule has 6 nitrogen and oxygen atoms in total. The van der Waals surface area contributed by atoms with Crippen LogP contribution < -0.4 is 0 Å². The summed E-state index contributed by atoms with van der Waals surface area (Å²) >= 11 is 0. The molecule has 128 valence electrons. The Morgan fingerprint density at radius 3 is 2.92 bits per heavy atom. The van der Waals surface area contributed by atoms with E-state index in [1.165, 1.54) is 5.39 Å². The third kappa shape index (κ3) is 2.71. The van der Waals surface area contributed by atoms with Crippen LogP contribution in [-0.4, -0.2) is 45.8 Å². The summed E-state index contributed by atoms with van der Waals surface area (Å²) in [5, 5.41) is 5.11. The molecule has 2 aromatic heterocycles. The molecule has 2 aliphatic rings. The first-order valence-corrected chi connectivity index (χ1v) is 8.75. The molecule has 4 heterocycles. The maximum Gasteiger partial charge on any atom is 0.232 e. The van der Waals surface area contributed by atoms with Gasteiger partial charge in [0, 0.05) is 30.9 Å². The standard InChI is InChI=1S/C19H20N4O2/c1-12-20-19(25-22-12)16-11-24-18-10-23(9-15(16)18)8-14-7-6-13-4-2-3-5-17(13)21-14/h2-7,15-16,18H,8-11H2,1H3/t15-,16+,18-/m0/s1. The number of aryl methyl sites for hydroxylation is 1. The predicted octanol–water partition coefficient (Wildman–Crippen LogP) is 2.54. The van der Waals surface area contributed by atoms with E-state index in [1.807, 2.05) is 19.1 Å². The molecular weight excluding hydrogens is 316 g/mol. The van der Waals surface area contributed by atoms with E-state index in [0.717, 1.165) is 36.7 Å². The number of para-hydroxylation sites is 1. The Morgan fingerprint density at radius 1 is 1.12 bits per heavy atom. The van der Waals surface area contributed by atoms with Gasteiger partial charge in [0.25, 0.3) is 0 Å². The zero-order valence-electron chi connectivity index (χ0n) is 14.1. The third-order valence-electron chi connectivity index (χ3n) is 5.29. The quantitative estimate of drug-likeness (QED) is 0.732. The van der Waals surface area contributed by atoms with Crippen molar-refractivity contribution < 1.29 is 9.26 Å². The van der Waals surface area contributed by atoms with E-state index < -0.39 is 0 Å². The normalized spacial score (nSPS) is 26.4. The molecule has 0 amide bonds. The summed E-state index contributed by atoms with van der Waals surface area (Å²) < 4.78 is 11.4. The molecule has 25 heavy (non-hydrogen) atoms. The van der Waals surface area contributed by atoms with Crippen LogP contribution in [-0.2, 0) is 11.3 Å². The number of ether oxygens (including phenoxy) is 1. The summed E-state index contributed by atoms with van der Waals surface area (Å²) in [6.07, 6.45) is 0.248. The van der Waals surface area contributed by atoms with Crippen LogP contribution in [0.25, 0.3) is 10.9 Å². The van der Waals surface area contributed by atoms with Crippen LogP contribution in [0.5, 0.6) is 0 Å². The fourth-order valence-electron chi connectivity index (χ4n) is 4.07. The van der Waals surface area contributed by atoms with Crippen LogP contribution >= 0.6 is 0 Å². The molecule has 1 aromatic carbocycles. The summed E-state index contributed by atoms with van der Waals surface area (Å²) in [5.74, 6) is 2.03. The van der Waals surface area contributed by atoms with Crippen molar-refractivity contribution in [2.45, 2.75) is 25.5 Å². The van der Waals surface area contributed by atoms with Crippen LogP contribution in [0.15, 0.2) is 40.9 Å². The number of fused-ring (bicyclic) bond motifs is 2. The Labute approximate surface area is 145 Å². The van der Waals surface area contributed by atoms with Crippen molar-refractivity contribution in [3.8, 4) is 0 Å². The number of aromatic nitrogens is 3. The molecule has 2 saturated heterocycles. The van der Waals surface area contributed by atoms with Gasteiger partial charge in [-0.3, -0.25) is 9.88 Å². The molecule has 0 bridgehead atoms. The second-order valence-corrected chi connectivity index (χ2v) is 7.01. The Hall–Kier alpha value is -2.31. The largest absolute Gasteiger partial charge is 0.376 e. The maximum absolute atomic E-state index is 6.00. The molecule has 0 saturated carbocycles. The second kappa shape index (κ2) is 5.89. The van der Waals surface area contributed by atoms with Gasteiger partial charge in [-0.1, -0.05) is 29.4 Å². The van der Waals surface area contributed by atoms with E-state index in [4.69, 9.17) is 14.2 Å². The fourth-order valence-corrected chi connectivity index (χ4v) is 4.07. The zero-order valence-corrected chi connectivity index (χ0v) is 14.1. The first-order valence-electron chi connectivity index (χ1n) is 8.75. The van der Waals surface area contributed by atoms with Crippen molar-refractivity contribution >= 4 is 10.9 Å². The summed E-state index contributed by atoms with van der Waals surface area (Å²) in [6.45, 7) is 5.29. The fraction of sp³-hybridized carbons (Fsp3) is 0.421. The minimum Gasteiger partial charge on any atom is -0.376 e. The number of likely N-dealkylation sites (tertiary alicyclic amines) is 1. The van der Waals surface area contributed by atoms with Crippen LogP contribution in [0.1, 0.15) is 23.3 Å².